The van der Waals surface area contributed by atoms with Crippen molar-refractivity contribution in [3.63, 3.8) is 0 Å². The maximum atomic E-state index is 12.0. The van der Waals surface area contributed by atoms with Crippen molar-refractivity contribution in [3.8, 4) is 11.1 Å². The molecule has 0 spiro atoms. The van der Waals surface area contributed by atoms with Crippen molar-refractivity contribution in [2.75, 3.05) is 6.54 Å². The average molecular weight is 351 g/mol. The summed E-state index contributed by atoms with van der Waals surface area (Å²) in [6.07, 6.45) is 0.605. The lowest BCUT2D eigenvalue weighted by Gasteiger charge is -2.19. The Balaban J connectivity index is 1.48. The molecule has 1 heterocycles. The number of urea groups is 1. The van der Waals surface area contributed by atoms with Crippen LogP contribution in [-0.4, -0.2) is 29.9 Å². The number of amides is 4. The maximum absolute atomic E-state index is 12.0. The van der Waals surface area contributed by atoms with Gasteiger partial charge < -0.3 is 10.6 Å². The topological polar surface area (TPSA) is 87.3 Å². The third-order valence-corrected chi connectivity index (χ3v) is 4.43. The molecule has 26 heavy (non-hydrogen) atoms. The number of hydrogen-bond acceptors (Lipinski definition) is 3. The Kier molecular flexibility index (Phi) is 5.02. The number of benzene rings is 2. The van der Waals surface area contributed by atoms with E-state index < -0.39 is 17.5 Å². The number of carbonyl (C=O) groups is 3. The lowest BCUT2D eigenvalue weighted by atomic mass is 9.98. The lowest BCUT2D eigenvalue weighted by molar-refractivity contribution is -0.129. The van der Waals surface area contributed by atoms with Crippen LogP contribution in [0.25, 0.3) is 11.1 Å². The first-order valence-electron chi connectivity index (χ1n) is 8.51. The quantitative estimate of drug-likeness (QED) is 0.696. The highest BCUT2D eigenvalue weighted by atomic mass is 16.2. The molecule has 2 aromatic carbocycles. The summed E-state index contributed by atoms with van der Waals surface area (Å²) in [5.74, 6) is -0.750. The van der Waals surface area contributed by atoms with Gasteiger partial charge in [0.05, 0.1) is 6.42 Å². The third kappa shape index (κ3) is 4.08. The summed E-state index contributed by atoms with van der Waals surface area (Å²) in [4.78, 5) is 35.0. The van der Waals surface area contributed by atoms with Gasteiger partial charge in [-0.25, -0.2) is 4.79 Å². The molecule has 4 amide bonds. The number of imide groups is 1. The first-order chi connectivity index (χ1) is 12.5. The normalized spacial score (nSPS) is 19.0. The summed E-state index contributed by atoms with van der Waals surface area (Å²) in [5, 5.41) is 7.42. The van der Waals surface area contributed by atoms with Crippen molar-refractivity contribution in [2.24, 2.45) is 0 Å². The van der Waals surface area contributed by atoms with Gasteiger partial charge in [0.1, 0.15) is 5.54 Å². The van der Waals surface area contributed by atoms with Crippen LogP contribution in [0.4, 0.5) is 4.79 Å². The summed E-state index contributed by atoms with van der Waals surface area (Å²) < 4.78 is 0. The van der Waals surface area contributed by atoms with Crippen LogP contribution in [0, 0.1) is 0 Å². The highest BCUT2D eigenvalue weighted by molar-refractivity contribution is 6.08. The molecule has 6 heteroatoms. The molecule has 0 saturated carbocycles. The molecule has 1 unspecified atom stereocenters. The molecule has 3 N–H and O–H groups in total. The molecule has 134 valence electrons. The number of nitrogens with one attached hydrogen (secondary N) is 3. The van der Waals surface area contributed by atoms with E-state index in [-0.39, 0.29) is 12.3 Å². The lowest BCUT2D eigenvalue weighted by Crippen LogP contribution is -2.47. The fraction of sp³-hybridized carbons (Fsp3) is 0.250. The van der Waals surface area contributed by atoms with Crippen molar-refractivity contribution >= 4 is 17.8 Å². The molecule has 1 saturated heterocycles. The van der Waals surface area contributed by atoms with E-state index in [4.69, 9.17) is 0 Å². The van der Waals surface area contributed by atoms with Gasteiger partial charge in [0.2, 0.25) is 5.91 Å². The Bertz CT molecular complexity index is 818. The minimum Gasteiger partial charge on any atom is -0.356 e. The van der Waals surface area contributed by atoms with Crippen LogP contribution >= 0.6 is 0 Å². The fourth-order valence-corrected chi connectivity index (χ4v) is 2.93. The van der Waals surface area contributed by atoms with Crippen LogP contribution in [0.2, 0.25) is 0 Å². The van der Waals surface area contributed by atoms with E-state index in [0.29, 0.717) is 13.0 Å². The average Bonchev–Trinajstić information content (AvgIpc) is 2.87. The molecule has 1 atom stereocenters. The van der Waals surface area contributed by atoms with Gasteiger partial charge in [0.15, 0.2) is 0 Å². The van der Waals surface area contributed by atoms with Gasteiger partial charge in [-0.3, -0.25) is 14.9 Å². The van der Waals surface area contributed by atoms with Crippen LogP contribution in [-0.2, 0) is 16.0 Å². The van der Waals surface area contributed by atoms with E-state index >= 15 is 0 Å². The second-order valence-electron chi connectivity index (χ2n) is 6.58. The number of hydrogen-bond donors (Lipinski definition) is 3. The zero-order chi connectivity index (χ0) is 18.6. The van der Waals surface area contributed by atoms with Crippen LogP contribution in [0.1, 0.15) is 18.9 Å². The van der Waals surface area contributed by atoms with Crippen LogP contribution in [0.5, 0.6) is 0 Å². The highest BCUT2D eigenvalue weighted by Crippen LogP contribution is 2.19. The number of carbonyl (C=O) groups excluding carboxylic acids is 3. The predicted molar refractivity (Wildman–Crippen MR) is 98.3 cm³/mol. The predicted octanol–water partition coefficient (Wildman–Crippen LogP) is 2.00. The van der Waals surface area contributed by atoms with Gasteiger partial charge in [-0.15, -0.1) is 0 Å². The van der Waals surface area contributed by atoms with Gasteiger partial charge in [-0.05, 0) is 30.0 Å². The molecule has 6 nitrogen and oxygen atoms in total. The molecular formula is C20H21N3O3. The molecule has 0 radical (unpaired) electrons. The Labute approximate surface area is 152 Å². The monoisotopic (exact) mass is 351 g/mol. The first-order valence-corrected chi connectivity index (χ1v) is 8.51. The van der Waals surface area contributed by atoms with Gasteiger partial charge >= 0.3 is 6.03 Å². The molecular weight excluding hydrogens is 330 g/mol. The van der Waals surface area contributed by atoms with Gasteiger partial charge in [0, 0.05) is 6.54 Å². The van der Waals surface area contributed by atoms with Gasteiger partial charge in [-0.2, -0.15) is 0 Å². The Morgan fingerprint density at radius 1 is 1.00 bits per heavy atom. The SMILES string of the molecule is CC1(CC(=O)NCCc2ccc(-c3ccccc3)cc2)NC(=O)NC1=O. The van der Waals surface area contributed by atoms with E-state index in [0.717, 1.165) is 16.7 Å². The van der Waals surface area contributed by atoms with E-state index in [1.54, 1.807) is 0 Å². The molecule has 1 aliphatic heterocycles. The zero-order valence-electron chi connectivity index (χ0n) is 14.5. The molecule has 3 rings (SSSR count). The largest absolute Gasteiger partial charge is 0.356 e. The smallest absolute Gasteiger partial charge is 0.322 e. The Morgan fingerprint density at radius 3 is 2.27 bits per heavy atom. The van der Waals surface area contributed by atoms with Crippen molar-refractivity contribution in [3.05, 3.63) is 60.2 Å². The summed E-state index contributed by atoms with van der Waals surface area (Å²) in [5.41, 5.74) is 2.24. The van der Waals surface area contributed by atoms with Crippen molar-refractivity contribution < 1.29 is 14.4 Å². The zero-order valence-corrected chi connectivity index (χ0v) is 14.5. The number of rotatable bonds is 6. The molecule has 0 aromatic heterocycles. The highest BCUT2D eigenvalue weighted by Gasteiger charge is 2.43. The standard InChI is InChI=1S/C20H21N3O3/c1-20(18(25)22-19(26)23-20)13-17(24)21-12-11-14-7-9-16(10-8-14)15-5-3-2-4-6-15/h2-10H,11-13H2,1H3,(H,21,24)(H2,22,23,25,26). The van der Waals surface area contributed by atoms with E-state index in [2.05, 4.69) is 40.2 Å². The Hall–Kier alpha value is -3.15. The third-order valence-electron chi connectivity index (χ3n) is 4.43. The first kappa shape index (κ1) is 17.7. The van der Waals surface area contributed by atoms with E-state index in [1.807, 2.05) is 30.3 Å². The fourth-order valence-electron chi connectivity index (χ4n) is 2.93. The van der Waals surface area contributed by atoms with Crippen molar-refractivity contribution in [1.82, 2.24) is 16.0 Å². The molecule has 0 aliphatic carbocycles. The second kappa shape index (κ2) is 7.39. The Morgan fingerprint density at radius 2 is 1.65 bits per heavy atom. The maximum Gasteiger partial charge on any atom is 0.322 e. The molecule has 1 fully saturated rings. The van der Waals surface area contributed by atoms with Crippen LogP contribution < -0.4 is 16.0 Å². The van der Waals surface area contributed by atoms with Crippen molar-refractivity contribution in [2.45, 2.75) is 25.3 Å². The van der Waals surface area contributed by atoms with Crippen molar-refractivity contribution in [1.29, 1.82) is 0 Å². The summed E-state index contributed by atoms with van der Waals surface area (Å²) in [6.45, 7) is 2.00. The van der Waals surface area contributed by atoms with Gasteiger partial charge in [-0.1, -0.05) is 54.6 Å². The summed E-state index contributed by atoms with van der Waals surface area (Å²) >= 11 is 0. The van der Waals surface area contributed by atoms with Crippen LogP contribution in [0.3, 0.4) is 0 Å². The van der Waals surface area contributed by atoms with E-state index in [1.165, 1.54) is 6.92 Å². The summed E-state index contributed by atoms with van der Waals surface area (Å²) in [6, 6.07) is 17.8. The minimum absolute atomic E-state index is 0.0858. The summed E-state index contributed by atoms with van der Waals surface area (Å²) in [7, 11) is 0. The van der Waals surface area contributed by atoms with Gasteiger partial charge in [0.25, 0.3) is 5.91 Å². The van der Waals surface area contributed by atoms with Crippen LogP contribution in [0.15, 0.2) is 54.6 Å². The molecule has 1 aliphatic rings. The second-order valence-corrected chi connectivity index (χ2v) is 6.58. The minimum atomic E-state index is -1.18. The molecule has 2 aromatic rings. The van der Waals surface area contributed by atoms with E-state index in [9.17, 15) is 14.4 Å². The molecule has 0 bridgehead atoms.